The van der Waals surface area contributed by atoms with Gasteiger partial charge in [-0.2, -0.15) is 0 Å². The van der Waals surface area contributed by atoms with E-state index in [0.717, 1.165) is 18.4 Å². The molecule has 0 aromatic rings. The number of unbranched alkanes of at least 4 members (excludes halogenated alkanes) is 1. The van der Waals surface area contributed by atoms with E-state index in [-0.39, 0.29) is 34.7 Å². The molecule has 0 bridgehead atoms. The molecule has 0 aliphatic heterocycles. The fraction of sp³-hybridized carbons (Fsp3) is 0.848. The third-order valence-electron chi connectivity index (χ3n) is 9.07. The van der Waals surface area contributed by atoms with Gasteiger partial charge in [-0.1, -0.05) is 81.2 Å². The molecule has 2 fully saturated rings. The van der Waals surface area contributed by atoms with Gasteiger partial charge in [0.2, 0.25) is 9.04 Å². The monoisotopic (exact) mass is 578 g/mol. The summed E-state index contributed by atoms with van der Waals surface area (Å²) in [6.07, 6.45) is 8.86. The van der Waals surface area contributed by atoms with Gasteiger partial charge in [0.05, 0.1) is 5.76 Å². The molecule has 4 nitrogen and oxygen atoms in total. The summed E-state index contributed by atoms with van der Waals surface area (Å²) < 4.78 is 20.0. The SMILES string of the molecule is C=C1C[C@H]2[C@@H](C(=C[C@H](C[C@@H](C)CCCC)C(C)(C)C)O[SiH](C)C)[C@H](C(C)(C)C)C[C@@]2(O[SiH](C)C)C1OC(C)=O. The van der Waals surface area contributed by atoms with Crippen molar-refractivity contribution >= 4 is 24.0 Å². The van der Waals surface area contributed by atoms with Crippen LogP contribution in [0, 0.1) is 40.4 Å². The quantitative estimate of drug-likeness (QED) is 0.101. The molecule has 0 heterocycles. The number of carbonyl (C=O) groups is 1. The first kappa shape index (κ1) is 34.3. The molecule has 226 valence electrons. The second-order valence-corrected chi connectivity index (χ2v) is 20.1. The molecule has 39 heavy (non-hydrogen) atoms. The van der Waals surface area contributed by atoms with Gasteiger partial charge in [-0.15, -0.1) is 0 Å². The Labute approximate surface area is 245 Å². The second kappa shape index (κ2) is 13.4. The van der Waals surface area contributed by atoms with Crippen LogP contribution in [-0.4, -0.2) is 35.8 Å². The summed E-state index contributed by atoms with van der Waals surface area (Å²) in [7, 11) is -2.84. The zero-order valence-corrected chi connectivity index (χ0v) is 30.1. The second-order valence-electron chi connectivity index (χ2n) is 15.5. The van der Waals surface area contributed by atoms with Gasteiger partial charge < -0.3 is 13.6 Å². The Morgan fingerprint density at radius 3 is 2.21 bits per heavy atom. The Bertz CT molecular complexity index is 866. The molecule has 0 aromatic carbocycles. The summed E-state index contributed by atoms with van der Waals surface area (Å²) >= 11 is 0. The third kappa shape index (κ3) is 8.57. The molecule has 7 atom stereocenters. The zero-order chi connectivity index (χ0) is 29.9. The highest BCUT2D eigenvalue weighted by Crippen LogP contribution is 2.63. The first-order chi connectivity index (χ1) is 17.8. The topological polar surface area (TPSA) is 44.8 Å². The van der Waals surface area contributed by atoms with Crippen molar-refractivity contribution in [3.63, 3.8) is 0 Å². The van der Waals surface area contributed by atoms with Crippen LogP contribution in [0.4, 0.5) is 0 Å². The van der Waals surface area contributed by atoms with Crippen LogP contribution < -0.4 is 0 Å². The Morgan fingerprint density at radius 1 is 1.13 bits per heavy atom. The molecule has 0 aromatic heterocycles. The molecule has 0 saturated heterocycles. The maximum atomic E-state index is 12.3. The fourth-order valence-electron chi connectivity index (χ4n) is 7.24. The fourth-order valence-corrected chi connectivity index (χ4v) is 9.30. The minimum absolute atomic E-state index is 0.0542. The summed E-state index contributed by atoms with van der Waals surface area (Å²) in [5.41, 5.74) is 0.683. The molecule has 6 heteroatoms. The average Bonchev–Trinajstić information content (AvgIpc) is 3.19. The number of esters is 1. The summed E-state index contributed by atoms with van der Waals surface area (Å²) in [5, 5.41) is 0. The molecule has 0 amide bonds. The van der Waals surface area contributed by atoms with Gasteiger partial charge in [0.1, 0.15) is 5.60 Å². The Hall–Kier alpha value is -0.856. The maximum absolute atomic E-state index is 12.3. The Balaban J connectivity index is 2.71. The van der Waals surface area contributed by atoms with E-state index in [4.69, 9.17) is 13.6 Å². The molecule has 0 spiro atoms. The number of allylic oxidation sites excluding steroid dienone is 2. The van der Waals surface area contributed by atoms with Crippen molar-refractivity contribution in [3.05, 3.63) is 24.0 Å². The summed E-state index contributed by atoms with van der Waals surface area (Å²) in [5.74, 6) is 2.83. The summed E-state index contributed by atoms with van der Waals surface area (Å²) in [6.45, 7) is 33.9. The van der Waals surface area contributed by atoms with Gasteiger partial charge >= 0.3 is 5.97 Å². The lowest BCUT2D eigenvalue weighted by Gasteiger charge is -2.38. The molecule has 2 saturated carbocycles. The van der Waals surface area contributed by atoms with Crippen molar-refractivity contribution in [3.8, 4) is 0 Å². The van der Waals surface area contributed by atoms with E-state index >= 15 is 0 Å². The van der Waals surface area contributed by atoms with E-state index in [1.807, 2.05) is 0 Å². The Morgan fingerprint density at radius 2 is 1.74 bits per heavy atom. The van der Waals surface area contributed by atoms with Gasteiger partial charge in [0, 0.05) is 18.8 Å². The van der Waals surface area contributed by atoms with Crippen molar-refractivity contribution in [2.45, 2.75) is 139 Å². The van der Waals surface area contributed by atoms with Crippen LogP contribution in [0.1, 0.15) is 101 Å². The van der Waals surface area contributed by atoms with Crippen LogP contribution in [0.5, 0.6) is 0 Å². The molecule has 2 aliphatic carbocycles. The summed E-state index contributed by atoms with van der Waals surface area (Å²) in [4.78, 5) is 12.3. The Kier molecular flexibility index (Phi) is 11.8. The largest absolute Gasteiger partial charge is 0.550 e. The predicted molar refractivity (Wildman–Crippen MR) is 171 cm³/mol. The normalized spacial score (nSPS) is 29.6. The lowest BCUT2D eigenvalue weighted by molar-refractivity contribution is -0.155. The van der Waals surface area contributed by atoms with Crippen molar-refractivity contribution in [1.82, 2.24) is 0 Å². The number of hydrogen-bond donors (Lipinski definition) is 0. The van der Waals surface area contributed by atoms with E-state index in [1.54, 1.807) is 0 Å². The first-order valence-corrected chi connectivity index (χ1v) is 21.3. The molecule has 0 N–H and O–H groups in total. The smallest absolute Gasteiger partial charge is 0.303 e. The maximum Gasteiger partial charge on any atom is 0.303 e. The number of ether oxygens (including phenoxy) is 1. The molecule has 2 rings (SSSR count). The van der Waals surface area contributed by atoms with Gasteiger partial charge in [-0.25, -0.2) is 0 Å². The minimum atomic E-state index is -1.46. The first-order valence-electron chi connectivity index (χ1n) is 15.7. The van der Waals surface area contributed by atoms with E-state index in [9.17, 15) is 4.79 Å². The van der Waals surface area contributed by atoms with Gasteiger partial charge in [0.15, 0.2) is 15.1 Å². The van der Waals surface area contributed by atoms with Crippen LogP contribution in [0.25, 0.3) is 0 Å². The van der Waals surface area contributed by atoms with E-state index < -0.39 is 23.7 Å². The van der Waals surface area contributed by atoms with E-state index in [0.29, 0.717) is 17.8 Å². The van der Waals surface area contributed by atoms with Gasteiger partial charge in [-0.05, 0) is 85.7 Å². The van der Waals surface area contributed by atoms with Crippen molar-refractivity contribution in [2.24, 2.45) is 40.4 Å². The van der Waals surface area contributed by atoms with E-state index in [2.05, 4.69) is 94.2 Å². The lowest BCUT2D eigenvalue weighted by atomic mass is 9.70. The molecule has 0 radical (unpaired) electrons. The molecule has 1 unspecified atom stereocenters. The van der Waals surface area contributed by atoms with Crippen LogP contribution >= 0.6 is 0 Å². The van der Waals surface area contributed by atoms with Crippen molar-refractivity contribution in [2.75, 3.05) is 0 Å². The van der Waals surface area contributed by atoms with Crippen LogP contribution in [0.3, 0.4) is 0 Å². The van der Waals surface area contributed by atoms with Crippen LogP contribution in [0.15, 0.2) is 24.0 Å². The molecule has 2 aliphatic rings. The highest BCUT2D eigenvalue weighted by molar-refractivity contribution is 6.49. The summed E-state index contributed by atoms with van der Waals surface area (Å²) in [6, 6.07) is 0. The number of hydrogen-bond acceptors (Lipinski definition) is 4. The van der Waals surface area contributed by atoms with Crippen LogP contribution in [0.2, 0.25) is 26.2 Å². The lowest BCUT2D eigenvalue weighted by Crippen LogP contribution is -2.48. The standard InChI is InChI=1S/C33H62O4Si2/c1-15-16-17-22(2)18-25(31(5,6)7)20-28(36-38(11)12)29-26-19-23(3)30(35-24(4)34)33(26,37-39(13)14)21-27(29)32(8,9)10/h20,22,25-27,29-30,38-39H,3,15-19,21H2,1-2,4-14H3/t22-,25-,26-,27+,29+,30?,33-/m0/s1. The van der Waals surface area contributed by atoms with Gasteiger partial charge in [0.25, 0.3) is 0 Å². The van der Waals surface area contributed by atoms with Gasteiger partial charge in [-0.3, -0.25) is 4.79 Å². The van der Waals surface area contributed by atoms with Crippen molar-refractivity contribution < 1.29 is 18.4 Å². The average molecular weight is 579 g/mol. The van der Waals surface area contributed by atoms with Crippen molar-refractivity contribution in [1.29, 1.82) is 0 Å². The third-order valence-corrected chi connectivity index (χ3v) is 10.7. The number of fused-ring (bicyclic) bond motifs is 1. The molecular weight excluding hydrogens is 517 g/mol. The number of carbonyl (C=O) groups excluding carboxylic acids is 1. The highest BCUT2D eigenvalue weighted by atomic mass is 28.3. The highest BCUT2D eigenvalue weighted by Gasteiger charge is 2.66. The minimum Gasteiger partial charge on any atom is -0.550 e. The molecular formula is C33H62O4Si2. The predicted octanol–water partition coefficient (Wildman–Crippen LogP) is 8.68. The zero-order valence-electron chi connectivity index (χ0n) is 27.8. The number of rotatable bonds is 12. The van der Waals surface area contributed by atoms with Crippen LogP contribution in [-0.2, 0) is 18.4 Å². The van der Waals surface area contributed by atoms with E-state index in [1.165, 1.54) is 38.4 Å².